The molecule has 1 aromatic heterocycles. The lowest BCUT2D eigenvalue weighted by Gasteiger charge is -2.32. The molecule has 2 amide bonds. The van der Waals surface area contributed by atoms with Gasteiger partial charge in [-0.15, -0.1) is 0 Å². The lowest BCUT2D eigenvalue weighted by atomic mass is 9.97. The Kier molecular flexibility index (Phi) is 5.11. The molecule has 3 rings (SSSR count). The highest BCUT2D eigenvalue weighted by atomic mass is 16.2. The molecule has 2 aromatic rings. The Morgan fingerprint density at radius 2 is 1.84 bits per heavy atom. The molecule has 0 aliphatic carbocycles. The van der Waals surface area contributed by atoms with Crippen LogP contribution < -0.4 is 5.32 Å². The van der Waals surface area contributed by atoms with Crippen molar-refractivity contribution in [1.29, 1.82) is 0 Å². The fraction of sp³-hybridized carbons (Fsp3) is 0.500. The fourth-order valence-electron chi connectivity index (χ4n) is 3.44. The van der Waals surface area contributed by atoms with Gasteiger partial charge in [-0.1, -0.05) is 6.07 Å². The van der Waals surface area contributed by atoms with Crippen LogP contribution in [0.1, 0.15) is 35.4 Å². The number of hydrogen-bond acceptors (Lipinski definition) is 2. The predicted molar refractivity (Wildman–Crippen MR) is 101 cm³/mol. The summed E-state index contributed by atoms with van der Waals surface area (Å²) in [6.45, 7) is 10.8. The normalized spacial score (nSPS) is 15.4. The van der Waals surface area contributed by atoms with Gasteiger partial charge in [0.2, 0.25) is 0 Å². The van der Waals surface area contributed by atoms with Gasteiger partial charge in [0, 0.05) is 31.0 Å². The Bertz CT molecular complexity index is 757. The van der Waals surface area contributed by atoms with E-state index in [1.54, 1.807) is 0 Å². The first-order valence-electron chi connectivity index (χ1n) is 9.06. The molecule has 5 heteroatoms. The first kappa shape index (κ1) is 17.5. The van der Waals surface area contributed by atoms with Crippen LogP contribution in [0.25, 0.3) is 0 Å². The van der Waals surface area contributed by atoms with E-state index >= 15 is 0 Å². The van der Waals surface area contributed by atoms with Crippen molar-refractivity contribution in [2.75, 3.05) is 18.4 Å². The van der Waals surface area contributed by atoms with Crippen LogP contribution in [0.5, 0.6) is 0 Å². The van der Waals surface area contributed by atoms with Crippen LogP contribution >= 0.6 is 0 Å². The van der Waals surface area contributed by atoms with Gasteiger partial charge in [-0.3, -0.25) is 4.68 Å². The van der Waals surface area contributed by atoms with E-state index in [1.807, 2.05) is 30.0 Å². The van der Waals surface area contributed by atoms with Gasteiger partial charge in [0.15, 0.2) is 0 Å². The second-order valence-electron chi connectivity index (χ2n) is 7.27. The number of rotatable bonds is 3. The number of anilines is 1. The number of likely N-dealkylation sites (tertiary alicyclic amines) is 1. The monoisotopic (exact) mass is 340 g/mol. The molecule has 1 aliphatic heterocycles. The van der Waals surface area contributed by atoms with Crippen molar-refractivity contribution < 1.29 is 4.79 Å². The third-order valence-corrected chi connectivity index (χ3v) is 5.19. The third kappa shape index (κ3) is 4.21. The molecule has 25 heavy (non-hydrogen) atoms. The number of urea groups is 1. The van der Waals surface area contributed by atoms with Crippen molar-refractivity contribution in [2.24, 2.45) is 5.92 Å². The number of carbonyl (C=O) groups excluding carboxylic acids is 1. The summed E-state index contributed by atoms with van der Waals surface area (Å²) in [5, 5.41) is 7.58. The molecule has 0 bridgehead atoms. The van der Waals surface area contributed by atoms with Gasteiger partial charge < -0.3 is 10.2 Å². The number of carbonyl (C=O) groups is 1. The SMILES string of the molecule is Cc1cc(C)n(CC2CCN(C(=O)Nc3ccc(C)c(C)c3)CC2)n1. The van der Waals surface area contributed by atoms with E-state index in [0.29, 0.717) is 5.92 Å². The van der Waals surface area contributed by atoms with E-state index in [4.69, 9.17) is 0 Å². The molecule has 5 nitrogen and oxygen atoms in total. The van der Waals surface area contributed by atoms with Crippen LogP contribution in [0.2, 0.25) is 0 Å². The number of aromatic nitrogens is 2. The molecule has 1 fully saturated rings. The van der Waals surface area contributed by atoms with Gasteiger partial charge in [0.25, 0.3) is 0 Å². The summed E-state index contributed by atoms with van der Waals surface area (Å²) < 4.78 is 2.10. The van der Waals surface area contributed by atoms with Crippen molar-refractivity contribution in [2.45, 2.75) is 47.1 Å². The minimum absolute atomic E-state index is 0.00724. The number of nitrogens with zero attached hydrogens (tertiary/aromatic N) is 3. The minimum Gasteiger partial charge on any atom is -0.325 e. The van der Waals surface area contributed by atoms with Crippen molar-refractivity contribution in [3.05, 3.63) is 46.8 Å². The van der Waals surface area contributed by atoms with E-state index in [0.717, 1.165) is 43.9 Å². The van der Waals surface area contributed by atoms with E-state index in [1.165, 1.54) is 16.8 Å². The predicted octanol–water partition coefficient (Wildman–Crippen LogP) is 4.06. The van der Waals surface area contributed by atoms with Gasteiger partial charge in [0.05, 0.1) is 5.69 Å². The first-order valence-corrected chi connectivity index (χ1v) is 9.06. The second kappa shape index (κ2) is 7.30. The topological polar surface area (TPSA) is 50.2 Å². The molecule has 0 spiro atoms. The molecule has 1 aliphatic rings. The Morgan fingerprint density at radius 1 is 1.12 bits per heavy atom. The number of piperidine rings is 1. The van der Waals surface area contributed by atoms with Gasteiger partial charge >= 0.3 is 6.03 Å². The standard InChI is InChI=1S/C20H28N4O/c1-14-5-6-19(11-15(14)2)21-20(25)23-9-7-18(8-10-23)13-24-17(4)12-16(3)22-24/h5-6,11-12,18H,7-10,13H2,1-4H3,(H,21,25). The zero-order valence-electron chi connectivity index (χ0n) is 15.7. The van der Waals surface area contributed by atoms with E-state index in [-0.39, 0.29) is 6.03 Å². The van der Waals surface area contributed by atoms with Crippen LogP contribution in [0.3, 0.4) is 0 Å². The summed E-state index contributed by atoms with van der Waals surface area (Å²) >= 11 is 0. The van der Waals surface area contributed by atoms with Crippen molar-refractivity contribution >= 4 is 11.7 Å². The summed E-state index contributed by atoms with van der Waals surface area (Å²) in [5.41, 5.74) is 5.59. The molecule has 0 atom stereocenters. The lowest BCUT2D eigenvalue weighted by molar-refractivity contribution is 0.175. The Labute approximate surface area is 150 Å². The molecule has 0 unspecified atom stereocenters. The van der Waals surface area contributed by atoms with Crippen LogP contribution in [-0.4, -0.2) is 33.8 Å². The maximum Gasteiger partial charge on any atom is 0.321 e. The van der Waals surface area contributed by atoms with Crippen molar-refractivity contribution in [3.63, 3.8) is 0 Å². The summed E-state index contributed by atoms with van der Waals surface area (Å²) in [6, 6.07) is 8.17. The molecule has 1 aromatic carbocycles. The molecule has 1 N–H and O–H groups in total. The van der Waals surface area contributed by atoms with Crippen LogP contribution in [0, 0.1) is 33.6 Å². The molecule has 134 valence electrons. The maximum atomic E-state index is 12.5. The van der Waals surface area contributed by atoms with Gasteiger partial charge in [0.1, 0.15) is 0 Å². The van der Waals surface area contributed by atoms with Gasteiger partial charge in [-0.25, -0.2) is 4.79 Å². The molecule has 1 saturated heterocycles. The van der Waals surface area contributed by atoms with Gasteiger partial charge in [-0.2, -0.15) is 5.10 Å². The van der Waals surface area contributed by atoms with Crippen LogP contribution in [-0.2, 0) is 6.54 Å². The van der Waals surface area contributed by atoms with E-state index in [9.17, 15) is 4.79 Å². The highest BCUT2D eigenvalue weighted by Crippen LogP contribution is 2.21. The zero-order valence-corrected chi connectivity index (χ0v) is 15.7. The number of hydrogen-bond donors (Lipinski definition) is 1. The van der Waals surface area contributed by atoms with E-state index < -0.39 is 0 Å². The van der Waals surface area contributed by atoms with Gasteiger partial charge in [-0.05, 0) is 75.8 Å². The van der Waals surface area contributed by atoms with Crippen molar-refractivity contribution in [3.8, 4) is 0 Å². The Morgan fingerprint density at radius 3 is 2.44 bits per heavy atom. The molecular weight excluding hydrogens is 312 g/mol. The minimum atomic E-state index is 0.00724. The Hall–Kier alpha value is -2.30. The quantitative estimate of drug-likeness (QED) is 0.916. The second-order valence-corrected chi connectivity index (χ2v) is 7.27. The highest BCUT2D eigenvalue weighted by molar-refractivity contribution is 5.89. The Balaban J connectivity index is 1.52. The van der Waals surface area contributed by atoms with Crippen molar-refractivity contribution in [1.82, 2.24) is 14.7 Å². The first-order chi connectivity index (χ1) is 11.9. The third-order valence-electron chi connectivity index (χ3n) is 5.19. The number of nitrogens with one attached hydrogen (secondary N) is 1. The fourth-order valence-corrected chi connectivity index (χ4v) is 3.44. The molecule has 0 radical (unpaired) electrons. The zero-order chi connectivity index (χ0) is 18.0. The molecule has 2 heterocycles. The average molecular weight is 340 g/mol. The maximum absolute atomic E-state index is 12.5. The van der Waals surface area contributed by atoms with Crippen LogP contribution in [0.15, 0.2) is 24.3 Å². The smallest absolute Gasteiger partial charge is 0.321 e. The average Bonchev–Trinajstić information content (AvgIpc) is 2.89. The van der Waals surface area contributed by atoms with E-state index in [2.05, 4.69) is 41.9 Å². The van der Waals surface area contributed by atoms with Crippen LogP contribution in [0.4, 0.5) is 10.5 Å². The summed E-state index contributed by atoms with van der Waals surface area (Å²) in [7, 11) is 0. The molecule has 0 saturated carbocycles. The summed E-state index contributed by atoms with van der Waals surface area (Å²) in [4.78, 5) is 14.4. The lowest BCUT2D eigenvalue weighted by Crippen LogP contribution is -2.41. The number of benzene rings is 1. The highest BCUT2D eigenvalue weighted by Gasteiger charge is 2.23. The number of amides is 2. The summed E-state index contributed by atoms with van der Waals surface area (Å²) in [5.74, 6) is 0.587. The molecular formula is C20H28N4O. The largest absolute Gasteiger partial charge is 0.325 e. The number of aryl methyl sites for hydroxylation is 4. The summed E-state index contributed by atoms with van der Waals surface area (Å²) in [6.07, 6.45) is 2.05.